The molecule has 2 nitrogen and oxygen atoms in total. The molecule has 45 heavy (non-hydrogen) atoms. The van der Waals surface area contributed by atoms with Gasteiger partial charge in [-0.15, -0.1) is 0 Å². The molecule has 0 radical (unpaired) electrons. The molecule has 1 unspecified atom stereocenters. The minimum atomic E-state index is -0.905. The number of hydrogen-bond donors (Lipinski definition) is 0. The minimum Gasteiger partial charge on any atom is -0.468 e. The lowest BCUT2D eigenvalue weighted by Crippen LogP contribution is -2.38. The molecule has 4 aromatic carbocycles. The molecule has 0 N–H and O–H groups in total. The summed E-state index contributed by atoms with van der Waals surface area (Å²) in [5, 5.41) is 2.78. The van der Waals surface area contributed by atoms with E-state index in [2.05, 4.69) is 149 Å². The molecule has 1 aliphatic carbocycles. The fraction of sp³-hybridized carbons (Fsp3) is 0.220. The first-order chi connectivity index (χ1) is 21.8. The maximum absolute atomic E-state index is 7.42. The van der Waals surface area contributed by atoms with E-state index < -0.39 is 16.3 Å². The highest BCUT2D eigenvalue weighted by Crippen LogP contribution is 2.84. The van der Waals surface area contributed by atoms with E-state index in [4.69, 9.17) is 9.05 Å². The monoisotopic (exact) mass is 622 g/mol. The van der Waals surface area contributed by atoms with E-state index in [0.29, 0.717) is 0 Å². The van der Waals surface area contributed by atoms with Crippen molar-refractivity contribution in [3.05, 3.63) is 166 Å². The third-order valence-electron chi connectivity index (χ3n) is 10.6. The van der Waals surface area contributed by atoms with Gasteiger partial charge in [-0.25, -0.2) is 0 Å². The summed E-state index contributed by atoms with van der Waals surface area (Å²) >= 11 is 0. The van der Waals surface area contributed by atoms with E-state index in [9.17, 15) is 0 Å². The topological polar surface area (TPSA) is 18.5 Å². The van der Waals surface area contributed by atoms with Crippen molar-refractivity contribution in [2.45, 2.75) is 27.7 Å². The molecule has 0 saturated carbocycles. The van der Waals surface area contributed by atoms with Gasteiger partial charge in [0.05, 0.1) is 5.31 Å². The van der Waals surface area contributed by atoms with Crippen molar-refractivity contribution in [3.63, 3.8) is 0 Å². The second-order valence-corrected chi connectivity index (χ2v) is 17.3. The van der Waals surface area contributed by atoms with Crippen molar-refractivity contribution in [3.8, 4) is 0 Å². The van der Waals surface area contributed by atoms with E-state index >= 15 is 0 Å². The minimum absolute atomic E-state index is 0.139. The van der Waals surface area contributed by atoms with Crippen LogP contribution in [0.2, 0.25) is 0 Å². The molecular weight excluding hydrogens is 586 g/mol. The summed E-state index contributed by atoms with van der Waals surface area (Å²) in [7, 11) is -1.76. The predicted molar refractivity (Wildman–Crippen MR) is 189 cm³/mol. The molecule has 4 atom stereocenters. The summed E-state index contributed by atoms with van der Waals surface area (Å²) in [5.74, 6) is 2.20. The second kappa shape index (κ2) is 9.65. The van der Waals surface area contributed by atoms with Crippen LogP contribution < -0.4 is 0 Å². The van der Waals surface area contributed by atoms with Crippen molar-refractivity contribution >= 4 is 38.5 Å². The van der Waals surface area contributed by atoms with E-state index in [1.54, 1.807) is 0 Å². The van der Waals surface area contributed by atoms with Crippen LogP contribution in [0, 0.1) is 16.2 Å². The Morgan fingerprint density at radius 1 is 0.444 bits per heavy atom. The molecule has 0 aromatic heterocycles. The van der Waals surface area contributed by atoms with Crippen molar-refractivity contribution in [1.82, 2.24) is 0 Å². The Morgan fingerprint density at radius 2 is 0.867 bits per heavy atom. The Labute approximate surface area is 268 Å². The highest BCUT2D eigenvalue weighted by atomic mass is 31.1. The van der Waals surface area contributed by atoms with Crippen LogP contribution in [-0.2, 0) is 9.05 Å². The fourth-order valence-corrected chi connectivity index (χ4v) is 14.8. The SMILES string of the molecule is CC1(C)C2=C(O[P@]3C[C@@]2(C)C(c2ccccc2)=C3c2ccccc2)C2=C1[C@@]1(C)CP2OC(c2ccccc2)=C1c1ccccc1. The highest BCUT2D eigenvalue weighted by molar-refractivity contribution is 7.65. The van der Waals surface area contributed by atoms with Gasteiger partial charge in [0.2, 0.25) is 0 Å². The maximum Gasteiger partial charge on any atom is 0.135 e. The van der Waals surface area contributed by atoms with Crippen LogP contribution in [0.5, 0.6) is 0 Å². The average molecular weight is 623 g/mol. The zero-order valence-electron chi connectivity index (χ0n) is 26.2. The van der Waals surface area contributed by atoms with Crippen LogP contribution in [0.15, 0.2) is 144 Å². The quantitative estimate of drug-likeness (QED) is 0.211. The van der Waals surface area contributed by atoms with E-state index in [1.807, 2.05) is 0 Å². The molecule has 5 aliphatic rings. The van der Waals surface area contributed by atoms with E-state index in [0.717, 1.165) is 29.4 Å². The smallest absolute Gasteiger partial charge is 0.135 e. The Hall–Kier alpha value is -3.70. The maximum atomic E-state index is 7.42. The summed E-state index contributed by atoms with van der Waals surface area (Å²) in [6.07, 6.45) is 2.02. The summed E-state index contributed by atoms with van der Waals surface area (Å²) < 4.78 is 14.7. The van der Waals surface area contributed by atoms with Crippen molar-refractivity contribution < 1.29 is 9.05 Å². The highest BCUT2D eigenvalue weighted by Gasteiger charge is 2.67. The van der Waals surface area contributed by atoms with Gasteiger partial charge in [0, 0.05) is 45.0 Å². The molecule has 4 aliphatic heterocycles. The Bertz CT molecular complexity index is 1990. The number of hydrogen-bond acceptors (Lipinski definition) is 2. The molecule has 4 heteroatoms. The standard InChI is InChI=1S/C41H36O2P2/c1-39(2)37-34(43-44-26-41(37,4)32(28-19-11-6-12-20-28)35(44)30-23-15-8-16-24-30)36-38(39)40(3)25-45(36)42-33(29-21-13-7-14-22-29)31(40)27-17-9-5-10-18-27/h5-24H,25-26H2,1-4H3/t40-,41-,44+,45?/m0/s1. The molecule has 0 spiro atoms. The molecule has 4 bridgehead atoms. The van der Waals surface area contributed by atoms with Crippen LogP contribution in [0.3, 0.4) is 0 Å². The lowest BCUT2D eigenvalue weighted by molar-refractivity contribution is 0.348. The van der Waals surface area contributed by atoms with Gasteiger partial charge in [-0.3, -0.25) is 0 Å². The van der Waals surface area contributed by atoms with Crippen molar-refractivity contribution in [2.75, 3.05) is 12.3 Å². The normalized spacial score (nSPS) is 29.1. The van der Waals surface area contributed by atoms with Gasteiger partial charge in [-0.2, -0.15) is 0 Å². The Morgan fingerprint density at radius 3 is 1.42 bits per heavy atom. The third kappa shape index (κ3) is 3.71. The number of rotatable bonds is 4. The van der Waals surface area contributed by atoms with Gasteiger partial charge in [0.15, 0.2) is 0 Å². The number of benzene rings is 4. The fourth-order valence-electron chi connectivity index (χ4n) is 9.30. The van der Waals surface area contributed by atoms with E-state index in [-0.39, 0.29) is 16.2 Å². The Balaban J connectivity index is 1.26. The number of fused-ring (bicyclic) bond motifs is 8. The van der Waals surface area contributed by atoms with Gasteiger partial charge in [0.25, 0.3) is 0 Å². The zero-order valence-corrected chi connectivity index (χ0v) is 28.0. The van der Waals surface area contributed by atoms with Gasteiger partial charge in [-0.1, -0.05) is 149 Å². The first kappa shape index (κ1) is 27.6. The largest absolute Gasteiger partial charge is 0.468 e. The van der Waals surface area contributed by atoms with Crippen LogP contribution >= 0.6 is 16.3 Å². The third-order valence-corrected chi connectivity index (χ3v) is 15.2. The Kier molecular flexibility index (Phi) is 5.92. The lowest BCUT2D eigenvalue weighted by Gasteiger charge is -2.47. The molecule has 4 aromatic rings. The first-order valence-corrected chi connectivity index (χ1v) is 18.8. The van der Waals surface area contributed by atoms with E-state index in [1.165, 1.54) is 49.6 Å². The van der Waals surface area contributed by atoms with Crippen LogP contribution in [0.1, 0.15) is 49.9 Å². The summed E-state index contributed by atoms with van der Waals surface area (Å²) in [5.41, 5.74) is 10.2. The second-order valence-electron chi connectivity index (χ2n) is 13.9. The van der Waals surface area contributed by atoms with Crippen LogP contribution in [0.25, 0.3) is 22.2 Å². The molecular formula is C41H36O2P2. The van der Waals surface area contributed by atoms with Gasteiger partial charge in [-0.05, 0) is 33.4 Å². The molecule has 222 valence electrons. The van der Waals surface area contributed by atoms with Gasteiger partial charge < -0.3 is 9.05 Å². The lowest BCUT2D eigenvalue weighted by atomic mass is 9.59. The van der Waals surface area contributed by atoms with Gasteiger partial charge >= 0.3 is 0 Å². The molecule has 0 fully saturated rings. The average Bonchev–Trinajstić information content (AvgIpc) is 3.56. The van der Waals surface area contributed by atoms with Gasteiger partial charge in [0.1, 0.15) is 27.8 Å². The number of allylic oxidation sites excluding steroid dienone is 5. The summed E-state index contributed by atoms with van der Waals surface area (Å²) in [6.45, 7) is 9.96. The van der Waals surface area contributed by atoms with Crippen molar-refractivity contribution in [1.29, 1.82) is 0 Å². The molecule has 0 amide bonds. The zero-order chi connectivity index (χ0) is 30.6. The molecule has 4 heterocycles. The predicted octanol–water partition coefficient (Wildman–Crippen LogP) is 11.6. The first-order valence-electron chi connectivity index (χ1n) is 16.0. The summed E-state index contributed by atoms with van der Waals surface area (Å²) in [4.78, 5) is 0. The van der Waals surface area contributed by atoms with Crippen molar-refractivity contribution in [2.24, 2.45) is 16.2 Å². The molecule has 0 saturated heterocycles. The summed E-state index contributed by atoms with van der Waals surface area (Å²) in [6, 6.07) is 43.8. The molecule has 9 rings (SSSR count). The van der Waals surface area contributed by atoms with Crippen LogP contribution in [-0.4, -0.2) is 12.3 Å². The van der Waals surface area contributed by atoms with Crippen LogP contribution in [0.4, 0.5) is 0 Å².